The summed E-state index contributed by atoms with van der Waals surface area (Å²) in [5.41, 5.74) is 2.85. The lowest BCUT2D eigenvalue weighted by molar-refractivity contribution is -0.129. The Morgan fingerprint density at radius 1 is 1.09 bits per heavy atom. The molecule has 0 bridgehead atoms. The Bertz CT molecular complexity index is 1070. The van der Waals surface area contributed by atoms with Crippen LogP contribution in [-0.2, 0) is 22.6 Å². The Morgan fingerprint density at radius 3 is 2.48 bits per heavy atom. The maximum Gasteiger partial charge on any atom is 0.342 e. The van der Waals surface area contributed by atoms with Crippen LogP contribution in [-0.4, -0.2) is 36.8 Å². The zero-order valence-corrected chi connectivity index (χ0v) is 19.2. The normalized spacial score (nSPS) is 11.5. The second-order valence-electron chi connectivity index (χ2n) is 7.52. The van der Waals surface area contributed by atoms with Crippen molar-refractivity contribution < 1.29 is 28.3 Å². The summed E-state index contributed by atoms with van der Waals surface area (Å²) in [6.07, 6.45) is -0.307. The number of nitrogens with one attached hydrogen (secondary N) is 1. The second kappa shape index (κ2) is 11.2. The van der Waals surface area contributed by atoms with Gasteiger partial charge in [-0.1, -0.05) is 29.4 Å². The number of methoxy groups -OCH3 is 1. The molecular formula is C25H28N2O6. The summed E-state index contributed by atoms with van der Waals surface area (Å²) in [5.74, 6) is 0.787. The van der Waals surface area contributed by atoms with E-state index in [-0.39, 0.29) is 18.1 Å². The zero-order valence-electron chi connectivity index (χ0n) is 19.2. The molecule has 0 fully saturated rings. The van der Waals surface area contributed by atoms with Crippen molar-refractivity contribution in [2.75, 3.05) is 13.7 Å². The molecule has 1 unspecified atom stereocenters. The molecule has 1 heterocycles. The van der Waals surface area contributed by atoms with Crippen LogP contribution in [0.2, 0.25) is 0 Å². The Balaban J connectivity index is 1.52. The SMILES string of the molecule is COc1ccc(CCNC(=O)C(C)OC(=O)c2ccccc2OCc2c(C)noc2C)cc1. The minimum atomic E-state index is -0.955. The smallest absolute Gasteiger partial charge is 0.342 e. The molecule has 0 spiro atoms. The number of para-hydroxylation sites is 1. The summed E-state index contributed by atoms with van der Waals surface area (Å²) < 4.78 is 21.5. The minimum absolute atomic E-state index is 0.201. The Labute approximate surface area is 192 Å². The molecule has 0 aliphatic heterocycles. The van der Waals surface area contributed by atoms with Crippen LogP contribution >= 0.6 is 0 Å². The van der Waals surface area contributed by atoms with E-state index in [0.29, 0.717) is 24.5 Å². The zero-order chi connectivity index (χ0) is 23.8. The number of aromatic nitrogens is 1. The first kappa shape index (κ1) is 23.8. The van der Waals surface area contributed by atoms with Crippen LogP contribution in [0.5, 0.6) is 11.5 Å². The van der Waals surface area contributed by atoms with Gasteiger partial charge in [0.05, 0.1) is 18.4 Å². The number of rotatable bonds is 10. The molecule has 174 valence electrons. The molecule has 0 saturated heterocycles. The second-order valence-corrected chi connectivity index (χ2v) is 7.52. The molecule has 1 N–H and O–H groups in total. The van der Waals surface area contributed by atoms with E-state index >= 15 is 0 Å². The van der Waals surface area contributed by atoms with E-state index in [1.807, 2.05) is 31.2 Å². The highest BCUT2D eigenvalue weighted by molar-refractivity contribution is 5.94. The van der Waals surface area contributed by atoms with Gasteiger partial charge in [0.2, 0.25) is 0 Å². The lowest BCUT2D eigenvalue weighted by Crippen LogP contribution is -2.37. The lowest BCUT2D eigenvalue weighted by atomic mass is 10.1. The van der Waals surface area contributed by atoms with E-state index < -0.39 is 12.1 Å². The fourth-order valence-electron chi connectivity index (χ4n) is 3.16. The number of hydrogen-bond acceptors (Lipinski definition) is 7. The van der Waals surface area contributed by atoms with Gasteiger partial charge in [0.25, 0.3) is 5.91 Å². The van der Waals surface area contributed by atoms with Gasteiger partial charge in [0, 0.05) is 6.54 Å². The van der Waals surface area contributed by atoms with Gasteiger partial charge in [0.1, 0.15) is 29.4 Å². The van der Waals surface area contributed by atoms with E-state index in [9.17, 15) is 9.59 Å². The summed E-state index contributed by atoms with van der Waals surface area (Å²) in [4.78, 5) is 25.1. The van der Waals surface area contributed by atoms with Gasteiger partial charge in [0.15, 0.2) is 6.10 Å². The van der Waals surface area contributed by atoms with Crippen LogP contribution in [0, 0.1) is 13.8 Å². The standard InChI is InChI=1S/C25H28N2O6/c1-16-22(17(2)33-27-16)15-31-23-8-6-5-7-21(23)25(29)32-18(3)24(28)26-14-13-19-9-11-20(30-4)12-10-19/h5-12,18H,13-15H2,1-4H3,(H,26,28). The number of hydrogen-bond donors (Lipinski definition) is 1. The topological polar surface area (TPSA) is 99.9 Å². The van der Waals surface area contributed by atoms with Crippen LogP contribution in [0.4, 0.5) is 0 Å². The van der Waals surface area contributed by atoms with Crippen molar-refractivity contribution in [3.63, 3.8) is 0 Å². The van der Waals surface area contributed by atoms with E-state index in [0.717, 1.165) is 22.6 Å². The molecule has 1 amide bonds. The van der Waals surface area contributed by atoms with Gasteiger partial charge in [-0.05, 0) is 57.0 Å². The molecule has 1 atom stereocenters. The van der Waals surface area contributed by atoms with E-state index in [1.165, 1.54) is 6.92 Å². The maximum absolute atomic E-state index is 12.7. The van der Waals surface area contributed by atoms with Gasteiger partial charge in [-0.15, -0.1) is 0 Å². The quantitative estimate of drug-likeness (QED) is 0.467. The van der Waals surface area contributed by atoms with Crippen molar-refractivity contribution >= 4 is 11.9 Å². The molecule has 8 nitrogen and oxygen atoms in total. The molecule has 0 aliphatic carbocycles. The summed E-state index contributed by atoms with van der Waals surface area (Å²) >= 11 is 0. The van der Waals surface area contributed by atoms with E-state index in [4.69, 9.17) is 18.7 Å². The molecule has 1 aromatic heterocycles. The van der Waals surface area contributed by atoms with Gasteiger partial charge >= 0.3 is 5.97 Å². The lowest BCUT2D eigenvalue weighted by Gasteiger charge is -2.15. The Kier molecular flexibility index (Phi) is 8.07. The molecule has 0 aliphatic rings. The minimum Gasteiger partial charge on any atom is -0.497 e. The van der Waals surface area contributed by atoms with Gasteiger partial charge < -0.3 is 24.1 Å². The van der Waals surface area contributed by atoms with Gasteiger partial charge in [-0.2, -0.15) is 0 Å². The highest BCUT2D eigenvalue weighted by atomic mass is 16.5. The monoisotopic (exact) mass is 452 g/mol. The number of benzene rings is 2. The first-order valence-corrected chi connectivity index (χ1v) is 10.6. The summed E-state index contributed by atoms with van der Waals surface area (Å²) in [5, 5.41) is 6.69. The van der Waals surface area contributed by atoms with Gasteiger partial charge in [-0.3, -0.25) is 4.79 Å². The molecule has 33 heavy (non-hydrogen) atoms. The van der Waals surface area contributed by atoms with E-state index in [2.05, 4.69) is 10.5 Å². The van der Waals surface area contributed by atoms with Crippen molar-refractivity contribution in [3.05, 3.63) is 76.7 Å². The number of nitrogens with zero attached hydrogens (tertiary/aromatic N) is 1. The first-order valence-electron chi connectivity index (χ1n) is 10.6. The Hall–Kier alpha value is -3.81. The highest BCUT2D eigenvalue weighted by Crippen LogP contribution is 2.22. The van der Waals surface area contributed by atoms with Crippen molar-refractivity contribution in [1.29, 1.82) is 0 Å². The van der Waals surface area contributed by atoms with Crippen LogP contribution in [0.1, 0.15) is 39.9 Å². The predicted molar refractivity (Wildman–Crippen MR) is 121 cm³/mol. The summed E-state index contributed by atoms with van der Waals surface area (Å²) in [6, 6.07) is 14.4. The molecule has 3 rings (SSSR count). The number of esters is 1. The van der Waals surface area contributed by atoms with Gasteiger partial charge in [-0.25, -0.2) is 4.79 Å². The number of ether oxygens (including phenoxy) is 3. The molecule has 0 radical (unpaired) electrons. The van der Waals surface area contributed by atoms with Crippen LogP contribution < -0.4 is 14.8 Å². The Morgan fingerprint density at radius 2 is 1.82 bits per heavy atom. The van der Waals surface area contributed by atoms with Crippen LogP contribution in [0.25, 0.3) is 0 Å². The average molecular weight is 453 g/mol. The maximum atomic E-state index is 12.7. The fourth-order valence-corrected chi connectivity index (χ4v) is 3.16. The molecule has 8 heteroatoms. The number of carbonyl (C=O) groups excluding carboxylic acids is 2. The largest absolute Gasteiger partial charge is 0.497 e. The molecular weight excluding hydrogens is 424 g/mol. The van der Waals surface area contributed by atoms with Crippen molar-refractivity contribution in [3.8, 4) is 11.5 Å². The van der Waals surface area contributed by atoms with Crippen LogP contribution in [0.15, 0.2) is 53.1 Å². The van der Waals surface area contributed by atoms with Crippen molar-refractivity contribution in [1.82, 2.24) is 10.5 Å². The number of amides is 1. The van der Waals surface area contributed by atoms with Crippen molar-refractivity contribution in [2.24, 2.45) is 0 Å². The third-order valence-corrected chi connectivity index (χ3v) is 5.19. The fraction of sp³-hybridized carbons (Fsp3) is 0.320. The summed E-state index contributed by atoms with van der Waals surface area (Å²) in [7, 11) is 1.61. The highest BCUT2D eigenvalue weighted by Gasteiger charge is 2.21. The van der Waals surface area contributed by atoms with Crippen LogP contribution in [0.3, 0.4) is 0 Å². The average Bonchev–Trinajstić information content (AvgIpc) is 3.15. The van der Waals surface area contributed by atoms with Crippen molar-refractivity contribution in [2.45, 2.75) is 39.9 Å². The molecule has 3 aromatic rings. The molecule has 0 saturated carbocycles. The number of aryl methyl sites for hydroxylation is 2. The predicted octanol–water partition coefficient (Wildman–Crippen LogP) is 3.78. The summed E-state index contributed by atoms with van der Waals surface area (Å²) in [6.45, 7) is 5.78. The third-order valence-electron chi connectivity index (χ3n) is 5.19. The first-order chi connectivity index (χ1) is 15.9. The third kappa shape index (κ3) is 6.35. The molecule has 2 aromatic carbocycles. The van der Waals surface area contributed by atoms with E-state index in [1.54, 1.807) is 38.3 Å². The number of carbonyl (C=O) groups is 2.